The van der Waals surface area contributed by atoms with Crippen molar-refractivity contribution in [3.8, 4) is 0 Å². The fourth-order valence-electron chi connectivity index (χ4n) is 6.78. The topological polar surface area (TPSA) is 99.1 Å². The lowest BCUT2D eigenvalue weighted by molar-refractivity contribution is -0.385. The summed E-state index contributed by atoms with van der Waals surface area (Å²) in [6, 6.07) is 0. The maximum Gasteiger partial charge on any atom is 0.320 e. The zero-order valence-corrected chi connectivity index (χ0v) is 18.7. The highest BCUT2D eigenvalue weighted by Crippen LogP contribution is 2.58. The van der Waals surface area contributed by atoms with E-state index in [1.54, 1.807) is 16.4 Å². The molecule has 2 aromatic heterocycles. The van der Waals surface area contributed by atoms with Crippen LogP contribution >= 0.6 is 0 Å². The summed E-state index contributed by atoms with van der Waals surface area (Å²) >= 11 is 0. The third kappa shape index (κ3) is 3.16. The summed E-state index contributed by atoms with van der Waals surface area (Å²) in [4.78, 5) is 26.1. The lowest BCUT2D eigenvalue weighted by Crippen LogP contribution is -2.52. The van der Waals surface area contributed by atoms with Gasteiger partial charge in [-0.15, -0.1) is 0 Å². The molecule has 0 radical (unpaired) electrons. The van der Waals surface area contributed by atoms with Crippen LogP contribution in [0, 0.1) is 41.7 Å². The van der Waals surface area contributed by atoms with Crippen molar-refractivity contribution in [3.63, 3.8) is 0 Å². The standard InChI is InChI=1S/C22H30N6O3/c1-13-18(14(2)26(4)23-13)11-25(3)21(29)20-19(28(30)31)12-27(24-20)22-8-15-5-16(9-22)7-17(6-15)10-22/h12,15-17H,5-11H2,1-4H3. The molecule has 4 aliphatic carbocycles. The number of nitrogens with zero attached hydrogens (tertiary/aromatic N) is 6. The van der Waals surface area contributed by atoms with Crippen molar-refractivity contribution < 1.29 is 9.72 Å². The molecule has 0 unspecified atom stereocenters. The molecule has 166 valence electrons. The number of carbonyl (C=O) groups is 1. The third-order valence-electron chi connectivity index (χ3n) is 7.99. The number of rotatable bonds is 5. The van der Waals surface area contributed by atoms with Crippen molar-refractivity contribution in [1.29, 1.82) is 0 Å². The second kappa shape index (κ2) is 6.90. The molecule has 0 atom stereocenters. The van der Waals surface area contributed by atoms with Gasteiger partial charge in [-0.2, -0.15) is 10.2 Å². The normalized spacial score (nSPS) is 28.8. The van der Waals surface area contributed by atoms with E-state index in [4.69, 9.17) is 0 Å². The lowest BCUT2D eigenvalue weighted by atomic mass is 9.53. The molecule has 1 amide bonds. The second-order valence-electron chi connectivity index (χ2n) is 10.1. The van der Waals surface area contributed by atoms with Gasteiger partial charge in [-0.3, -0.25) is 24.3 Å². The minimum atomic E-state index is -0.467. The van der Waals surface area contributed by atoms with Crippen molar-refractivity contribution in [2.24, 2.45) is 24.8 Å². The Labute approximate surface area is 181 Å². The second-order valence-corrected chi connectivity index (χ2v) is 10.1. The van der Waals surface area contributed by atoms with Crippen LogP contribution in [0.5, 0.6) is 0 Å². The van der Waals surface area contributed by atoms with Crippen LogP contribution in [0.4, 0.5) is 5.69 Å². The Morgan fingerprint density at radius 1 is 1.19 bits per heavy atom. The number of carbonyl (C=O) groups excluding carboxylic acids is 1. The molecular formula is C22H30N6O3. The minimum Gasteiger partial charge on any atom is -0.336 e. The minimum absolute atomic E-state index is 0.0533. The predicted molar refractivity (Wildman–Crippen MR) is 114 cm³/mol. The first kappa shape index (κ1) is 20.2. The average molecular weight is 427 g/mol. The van der Waals surface area contributed by atoms with Crippen LogP contribution in [-0.4, -0.2) is 42.3 Å². The number of hydrogen-bond acceptors (Lipinski definition) is 5. The maximum absolute atomic E-state index is 13.3. The van der Waals surface area contributed by atoms with Gasteiger partial charge in [0.15, 0.2) is 0 Å². The van der Waals surface area contributed by atoms with Crippen molar-refractivity contribution in [2.75, 3.05) is 7.05 Å². The molecule has 0 aliphatic heterocycles. The summed E-state index contributed by atoms with van der Waals surface area (Å²) in [5.41, 5.74) is 2.39. The van der Waals surface area contributed by atoms with Gasteiger partial charge in [-0.05, 0) is 70.1 Å². The monoisotopic (exact) mass is 426 g/mol. The van der Waals surface area contributed by atoms with Crippen LogP contribution < -0.4 is 0 Å². The Morgan fingerprint density at radius 2 is 1.77 bits per heavy atom. The van der Waals surface area contributed by atoms with Gasteiger partial charge in [0.05, 0.1) is 16.2 Å². The lowest BCUT2D eigenvalue weighted by Gasteiger charge is -2.56. The van der Waals surface area contributed by atoms with Crippen molar-refractivity contribution in [1.82, 2.24) is 24.5 Å². The molecule has 31 heavy (non-hydrogen) atoms. The molecule has 4 bridgehead atoms. The first-order valence-electron chi connectivity index (χ1n) is 11.2. The van der Waals surface area contributed by atoms with E-state index in [1.165, 1.54) is 30.4 Å². The van der Waals surface area contributed by atoms with Gasteiger partial charge in [0.25, 0.3) is 5.91 Å². The highest BCUT2D eigenvalue weighted by atomic mass is 16.6. The molecular weight excluding hydrogens is 396 g/mol. The largest absolute Gasteiger partial charge is 0.336 e. The van der Waals surface area contributed by atoms with E-state index in [9.17, 15) is 14.9 Å². The van der Waals surface area contributed by atoms with E-state index in [0.29, 0.717) is 24.3 Å². The summed E-state index contributed by atoms with van der Waals surface area (Å²) in [6.45, 7) is 4.20. The molecule has 6 rings (SSSR count). The number of aryl methyl sites for hydroxylation is 2. The zero-order chi connectivity index (χ0) is 22.1. The quantitative estimate of drug-likeness (QED) is 0.539. The Kier molecular flexibility index (Phi) is 4.50. The molecule has 0 spiro atoms. The van der Waals surface area contributed by atoms with Gasteiger partial charge in [-0.1, -0.05) is 0 Å². The van der Waals surface area contributed by atoms with Crippen molar-refractivity contribution in [3.05, 3.63) is 39.0 Å². The van der Waals surface area contributed by atoms with Gasteiger partial charge in [-0.25, -0.2) is 0 Å². The fraction of sp³-hybridized carbons (Fsp3) is 0.682. The number of hydrogen-bond donors (Lipinski definition) is 0. The molecule has 4 aliphatic rings. The maximum atomic E-state index is 13.3. The molecule has 9 nitrogen and oxygen atoms in total. The van der Waals surface area contributed by atoms with E-state index >= 15 is 0 Å². The SMILES string of the molecule is Cc1nn(C)c(C)c1CN(C)C(=O)c1nn(C23CC4CC(CC(C4)C2)C3)cc1[N+](=O)[O-]. The number of aromatic nitrogens is 4. The molecule has 0 saturated heterocycles. The first-order chi connectivity index (χ1) is 14.7. The summed E-state index contributed by atoms with van der Waals surface area (Å²) in [5, 5.41) is 20.8. The summed E-state index contributed by atoms with van der Waals surface area (Å²) < 4.78 is 3.59. The molecule has 4 fully saturated rings. The Bertz CT molecular complexity index is 1030. The van der Waals surface area contributed by atoms with Gasteiger partial charge in [0.1, 0.15) is 6.20 Å². The van der Waals surface area contributed by atoms with Crippen molar-refractivity contribution >= 4 is 11.6 Å². The molecule has 2 aromatic rings. The van der Waals surface area contributed by atoms with Crippen LogP contribution in [-0.2, 0) is 19.1 Å². The third-order valence-corrected chi connectivity index (χ3v) is 7.99. The molecule has 4 saturated carbocycles. The molecule has 0 aromatic carbocycles. The fourth-order valence-corrected chi connectivity index (χ4v) is 6.78. The van der Waals surface area contributed by atoms with Crippen LogP contribution in [0.1, 0.15) is 66.0 Å². The van der Waals surface area contributed by atoms with E-state index in [-0.39, 0.29) is 16.9 Å². The molecule has 2 heterocycles. The summed E-state index contributed by atoms with van der Waals surface area (Å²) in [6.07, 6.45) is 8.43. The van der Waals surface area contributed by atoms with Gasteiger partial charge in [0, 0.05) is 31.9 Å². The van der Waals surface area contributed by atoms with E-state index in [0.717, 1.165) is 36.2 Å². The highest BCUT2D eigenvalue weighted by Gasteiger charge is 2.53. The molecule has 9 heteroatoms. The first-order valence-corrected chi connectivity index (χ1v) is 11.2. The average Bonchev–Trinajstić information content (AvgIpc) is 3.24. The highest BCUT2D eigenvalue weighted by molar-refractivity contribution is 5.95. The van der Waals surface area contributed by atoms with E-state index < -0.39 is 10.8 Å². The van der Waals surface area contributed by atoms with Gasteiger partial charge >= 0.3 is 5.69 Å². The zero-order valence-electron chi connectivity index (χ0n) is 18.7. The smallest absolute Gasteiger partial charge is 0.320 e. The van der Waals surface area contributed by atoms with Crippen LogP contribution in [0.15, 0.2) is 6.20 Å². The Morgan fingerprint density at radius 3 is 2.26 bits per heavy atom. The van der Waals surface area contributed by atoms with Crippen LogP contribution in [0.2, 0.25) is 0 Å². The molecule has 0 N–H and O–H groups in total. The number of amides is 1. The van der Waals surface area contributed by atoms with Crippen molar-refractivity contribution in [2.45, 2.75) is 64.5 Å². The summed E-state index contributed by atoms with van der Waals surface area (Å²) in [5.74, 6) is 1.64. The Balaban J connectivity index is 1.46. The Hall–Kier alpha value is -2.71. The number of nitro groups is 1. The summed E-state index contributed by atoms with van der Waals surface area (Å²) in [7, 11) is 3.54. The van der Waals surface area contributed by atoms with E-state index in [1.807, 2.05) is 20.9 Å². The van der Waals surface area contributed by atoms with Crippen LogP contribution in [0.3, 0.4) is 0 Å². The predicted octanol–water partition coefficient (Wildman–Crippen LogP) is 3.34. The van der Waals surface area contributed by atoms with Crippen LogP contribution in [0.25, 0.3) is 0 Å². The van der Waals surface area contributed by atoms with Gasteiger partial charge in [0.2, 0.25) is 5.69 Å². The van der Waals surface area contributed by atoms with E-state index in [2.05, 4.69) is 10.2 Å². The van der Waals surface area contributed by atoms with Gasteiger partial charge < -0.3 is 4.90 Å².